The third-order valence-corrected chi connectivity index (χ3v) is 7.80. The molecule has 11 heteroatoms. The summed E-state index contributed by atoms with van der Waals surface area (Å²) < 4.78 is 0. The minimum absolute atomic E-state index is 0.139. The van der Waals surface area contributed by atoms with Crippen molar-refractivity contribution in [2.24, 2.45) is 0 Å². The molecule has 0 aliphatic carbocycles. The van der Waals surface area contributed by atoms with Crippen LogP contribution in [0.1, 0.15) is 22.2 Å². The highest BCUT2D eigenvalue weighted by molar-refractivity contribution is 7.99. The van der Waals surface area contributed by atoms with E-state index in [1.165, 1.54) is 16.6 Å². The van der Waals surface area contributed by atoms with Crippen LogP contribution in [-0.4, -0.2) is 64.0 Å². The number of benzene rings is 2. The summed E-state index contributed by atoms with van der Waals surface area (Å²) in [4.78, 5) is 37.7. The first-order valence-electron chi connectivity index (χ1n) is 12.1. The molecule has 0 saturated carbocycles. The lowest BCUT2D eigenvalue weighted by atomic mass is 10.2. The molecule has 1 amide bonds. The predicted molar refractivity (Wildman–Crippen MR) is 149 cm³/mol. The number of thiazole rings is 1. The fourth-order valence-corrected chi connectivity index (χ4v) is 5.21. The zero-order valence-electron chi connectivity index (χ0n) is 20.7. The van der Waals surface area contributed by atoms with Crippen molar-refractivity contribution in [1.82, 2.24) is 24.8 Å². The van der Waals surface area contributed by atoms with Gasteiger partial charge in [-0.25, -0.2) is 4.98 Å². The van der Waals surface area contributed by atoms with Crippen LogP contribution in [0.15, 0.2) is 70.8 Å². The molecule has 2 aromatic heterocycles. The Morgan fingerprint density at radius 3 is 2.46 bits per heavy atom. The smallest absolute Gasteiger partial charge is 0.255 e. The molecule has 1 aliphatic heterocycles. The Bertz CT molecular complexity index is 1340. The van der Waals surface area contributed by atoms with Crippen LogP contribution < -0.4 is 15.5 Å². The van der Waals surface area contributed by atoms with E-state index in [1.807, 2.05) is 48.7 Å². The second-order valence-electron chi connectivity index (χ2n) is 8.59. The number of amides is 1. The van der Waals surface area contributed by atoms with Gasteiger partial charge in [0.2, 0.25) is 11.9 Å². The molecule has 9 nitrogen and oxygen atoms in total. The van der Waals surface area contributed by atoms with Crippen molar-refractivity contribution in [3.05, 3.63) is 71.2 Å². The first-order chi connectivity index (χ1) is 18.1. The van der Waals surface area contributed by atoms with Crippen LogP contribution in [0.5, 0.6) is 0 Å². The molecule has 0 radical (unpaired) electrons. The van der Waals surface area contributed by atoms with Crippen LogP contribution in [-0.2, 0) is 6.42 Å². The molecule has 1 aliphatic rings. The maximum absolute atomic E-state index is 12.4. The predicted octanol–water partition coefficient (Wildman–Crippen LogP) is 4.79. The number of carbonyl (C=O) groups is 1. The third kappa shape index (κ3) is 6.62. The lowest BCUT2D eigenvalue weighted by Gasteiger charge is -2.32. The summed E-state index contributed by atoms with van der Waals surface area (Å²) in [6.07, 6.45) is 2.81. The number of hydrogen-bond donors (Lipinski definition) is 2. The molecule has 1 fully saturated rings. The van der Waals surface area contributed by atoms with Gasteiger partial charge in [0.1, 0.15) is 0 Å². The van der Waals surface area contributed by atoms with Crippen molar-refractivity contribution in [2.45, 2.75) is 23.4 Å². The fourth-order valence-electron chi connectivity index (χ4n) is 3.72. The van der Waals surface area contributed by atoms with Crippen LogP contribution in [0.4, 0.5) is 22.7 Å². The van der Waals surface area contributed by atoms with Gasteiger partial charge in [0.05, 0.1) is 0 Å². The molecule has 190 valence electrons. The number of nitrogens with one attached hydrogen (secondary N) is 2. The Morgan fingerprint density at radius 1 is 1.00 bits per heavy atom. The van der Waals surface area contributed by atoms with Gasteiger partial charge in [0.15, 0.2) is 10.3 Å². The van der Waals surface area contributed by atoms with Crippen molar-refractivity contribution in [3.63, 3.8) is 0 Å². The molecule has 0 spiro atoms. The van der Waals surface area contributed by atoms with Crippen molar-refractivity contribution in [1.29, 1.82) is 0 Å². The summed E-state index contributed by atoms with van der Waals surface area (Å²) in [5.41, 5.74) is 1.35. The van der Waals surface area contributed by atoms with E-state index in [1.54, 1.807) is 23.5 Å². The molecular formula is C26H28N8OS2. The summed E-state index contributed by atoms with van der Waals surface area (Å²) in [7, 11) is 2.12. The number of nitrogens with zero attached hydrogens (tertiary/aromatic N) is 6. The molecule has 3 heterocycles. The first-order valence-corrected chi connectivity index (χ1v) is 13.7. The van der Waals surface area contributed by atoms with Gasteiger partial charge in [0, 0.05) is 53.4 Å². The highest BCUT2D eigenvalue weighted by Gasteiger charge is 2.19. The van der Waals surface area contributed by atoms with E-state index in [0.717, 1.165) is 48.3 Å². The molecule has 1 saturated heterocycles. The zero-order valence-corrected chi connectivity index (χ0v) is 22.4. The topological polar surface area (TPSA) is 99.2 Å². The van der Waals surface area contributed by atoms with Gasteiger partial charge >= 0.3 is 0 Å². The van der Waals surface area contributed by atoms with Crippen LogP contribution in [0.2, 0.25) is 0 Å². The molecule has 0 atom stereocenters. The summed E-state index contributed by atoms with van der Waals surface area (Å²) in [6.45, 7) is 5.74. The average Bonchev–Trinajstić information content (AvgIpc) is 3.38. The lowest BCUT2D eigenvalue weighted by molar-refractivity contribution is 0.102. The SMILES string of the molecule is CCc1cnc(Nc2nc(Sc3ccc(NC(=O)c4ccccc4)cc3)nc(N3CCN(C)CC3)n2)s1. The van der Waals surface area contributed by atoms with Gasteiger partial charge in [-0.3, -0.25) is 10.1 Å². The number of aromatic nitrogens is 4. The van der Waals surface area contributed by atoms with Gasteiger partial charge in [-0.2, -0.15) is 15.0 Å². The van der Waals surface area contributed by atoms with Crippen molar-refractivity contribution in [3.8, 4) is 0 Å². The average molecular weight is 533 g/mol. The molecule has 2 aromatic carbocycles. The van der Waals surface area contributed by atoms with Crippen molar-refractivity contribution in [2.75, 3.05) is 48.8 Å². The number of hydrogen-bond acceptors (Lipinski definition) is 10. The Morgan fingerprint density at radius 2 is 1.76 bits per heavy atom. The maximum atomic E-state index is 12.4. The second-order valence-corrected chi connectivity index (χ2v) is 10.7. The van der Waals surface area contributed by atoms with E-state index in [0.29, 0.717) is 22.6 Å². The lowest BCUT2D eigenvalue weighted by Crippen LogP contribution is -2.45. The van der Waals surface area contributed by atoms with Gasteiger partial charge in [-0.15, -0.1) is 11.3 Å². The largest absolute Gasteiger partial charge is 0.338 e. The standard InChI is InChI=1S/C26H28N8OS2/c1-3-20-17-27-25(36-20)30-23-29-24(34-15-13-33(2)14-16-34)32-26(31-23)37-21-11-9-19(10-12-21)28-22(35)18-7-5-4-6-8-18/h4-12,17H,3,13-16H2,1-2H3,(H,28,35)(H,27,29,30,31,32). The highest BCUT2D eigenvalue weighted by Crippen LogP contribution is 2.29. The monoisotopic (exact) mass is 532 g/mol. The Balaban J connectivity index is 1.33. The first kappa shape index (κ1) is 25.1. The minimum Gasteiger partial charge on any atom is -0.338 e. The third-order valence-electron chi connectivity index (χ3n) is 5.87. The van der Waals surface area contributed by atoms with E-state index < -0.39 is 0 Å². The maximum Gasteiger partial charge on any atom is 0.255 e. The quantitative estimate of drug-likeness (QED) is 0.332. The van der Waals surface area contributed by atoms with E-state index >= 15 is 0 Å². The molecule has 2 N–H and O–H groups in total. The molecule has 0 bridgehead atoms. The van der Waals surface area contributed by atoms with Gasteiger partial charge < -0.3 is 15.1 Å². The van der Waals surface area contributed by atoms with Gasteiger partial charge in [-0.05, 0) is 61.6 Å². The van der Waals surface area contributed by atoms with Gasteiger partial charge in [-0.1, -0.05) is 25.1 Å². The van der Waals surface area contributed by atoms with Crippen LogP contribution in [0.25, 0.3) is 0 Å². The van der Waals surface area contributed by atoms with E-state index in [4.69, 9.17) is 9.97 Å². The summed E-state index contributed by atoms with van der Waals surface area (Å²) >= 11 is 3.06. The number of piperazine rings is 1. The van der Waals surface area contributed by atoms with Crippen LogP contribution >= 0.6 is 23.1 Å². The number of anilines is 4. The number of likely N-dealkylation sites (N-methyl/N-ethyl adjacent to an activating group) is 1. The Labute approximate surface area is 224 Å². The van der Waals surface area contributed by atoms with E-state index in [2.05, 4.69) is 44.4 Å². The number of carbonyl (C=O) groups excluding carboxylic acids is 1. The second kappa shape index (κ2) is 11.7. The molecule has 0 unspecified atom stereocenters. The van der Waals surface area contributed by atoms with Crippen molar-refractivity contribution >= 4 is 51.7 Å². The highest BCUT2D eigenvalue weighted by atomic mass is 32.2. The fraction of sp³-hybridized carbons (Fsp3) is 0.269. The Kier molecular flexibility index (Phi) is 7.93. The molecule has 4 aromatic rings. The van der Waals surface area contributed by atoms with E-state index in [9.17, 15) is 4.79 Å². The summed E-state index contributed by atoms with van der Waals surface area (Å²) in [5, 5.41) is 7.56. The molecule has 5 rings (SSSR count). The normalized spacial score (nSPS) is 13.9. The Hall–Kier alpha value is -3.54. The summed E-state index contributed by atoms with van der Waals surface area (Å²) in [5.74, 6) is 1.00. The minimum atomic E-state index is -0.139. The molecular weight excluding hydrogens is 504 g/mol. The zero-order chi connectivity index (χ0) is 25.6. The van der Waals surface area contributed by atoms with E-state index in [-0.39, 0.29) is 5.91 Å². The number of rotatable bonds is 8. The van der Waals surface area contributed by atoms with Crippen molar-refractivity contribution < 1.29 is 4.79 Å². The van der Waals surface area contributed by atoms with Crippen LogP contribution in [0.3, 0.4) is 0 Å². The summed E-state index contributed by atoms with van der Waals surface area (Å²) in [6, 6.07) is 16.8. The number of aryl methyl sites for hydroxylation is 1. The molecule has 37 heavy (non-hydrogen) atoms. The van der Waals surface area contributed by atoms with Gasteiger partial charge in [0.25, 0.3) is 5.91 Å². The van der Waals surface area contributed by atoms with Crippen LogP contribution in [0, 0.1) is 0 Å².